The Labute approximate surface area is 149 Å². The number of carbonyl (C=O) groups excluding carboxylic acids is 1. The van der Waals surface area contributed by atoms with Crippen LogP contribution in [0.15, 0.2) is 53.0 Å². The van der Waals surface area contributed by atoms with Crippen molar-refractivity contribution in [1.82, 2.24) is 5.32 Å². The topological polar surface area (TPSA) is 78.8 Å². The largest absolute Gasteiger partial charge is 0.445 e. The molecule has 0 heterocycles. The normalized spacial score (nSPS) is 13.2. The number of benzene rings is 2. The van der Waals surface area contributed by atoms with E-state index < -0.39 is 18.3 Å². The van der Waals surface area contributed by atoms with Gasteiger partial charge in [0.2, 0.25) is 0 Å². The Morgan fingerprint density at radius 2 is 1.92 bits per heavy atom. The maximum Gasteiger partial charge on any atom is 0.407 e. The maximum absolute atomic E-state index is 11.7. The Morgan fingerprint density at radius 3 is 2.62 bits per heavy atom. The molecule has 0 aliphatic rings. The highest BCUT2D eigenvalue weighted by molar-refractivity contribution is 9.10. The molecular formula is C18H20BrNO4. The monoisotopic (exact) mass is 393 g/mol. The van der Waals surface area contributed by atoms with E-state index in [1.54, 1.807) is 6.07 Å². The van der Waals surface area contributed by atoms with Gasteiger partial charge in [0.1, 0.15) is 18.8 Å². The van der Waals surface area contributed by atoms with Crippen LogP contribution >= 0.6 is 15.9 Å². The number of halogens is 1. The average Bonchev–Trinajstić information content (AvgIpc) is 2.60. The van der Waals surface area contributed by atoms with E-state index >= 15 is 0 Å². The number of hydrogen-bond donors (Lipinski definition) is 3. The number of alkyl carbamates (subject to hydrolysis) is 1. The molecule has 0 bridgehead atoms. The summed E-state index contributed by atoms with van der Waals surface area (Å²) in [4.78, 5) is 11.7. The van der Waals surface area contributed by atoms with Crippen molar-refractivity contribution in [1.29, 1.82) is 0 Å². The third-order valence-electron chi connectivity index (χ3n) is 3.50. The lowest BCUT2D eigenvalue weighted by Gasteiger charge is -2.20. The molecule has 6 heteroatoms. The molecule has 2 aromatic carbocycles. The Kier molecular flexibility index (Phi) is 6.78. The van der Waals surface area contributed by atoms with E-state index in [2.05, 4.69) is 21.2 Å². The number of aliphatic hydroxyl groups excluding tert-OH is 2. The number of nitrogens with one attached hydrogen (secondary N) is 1. The van der Waals surface area contributed by atoms with Gasteiger partial charge in [0.25, 0.3) is 0 Å². The van der Waals surface area contributed by atoms with E-state index in [1.807, 2.05) is 49.4 Å². The third kappa shape index (κ3) is 5.33. The Bertz CT molecular complexity index is 678. The summed E-state index contributed by atoms with van der Waals surface area (Å²) >= 11 is 3.35. The highest BCUT2D eigenvalue weighted by atomic mass is 79.9. The predicted octanol–water partition coefficient (Wildman–Crippen LogP) is 3.08. The van der Waals surface area contributed by atoms with Crippen molar-refractivity contribution in [3.63, 3.8) is 0 Å². The minimum Gasteiger partial charge on any atom is -0.445 e. The number of rotatable bonds is 6. The van der Waals surface area contributed by atoms with Crippen molar-refractivity contribution in [2.75, 3.05) is 6.54 Å². The lowest BCUT2D eigenvalue weighted by atomic mass is 10.0. The molecule has 2 aromatic rings. The van der Waals surface area contributed by atoms with Gasteiger partial charge in [-0.1, -0.05) is 64.0 Å². The number of amides is 1. The molecule has 3 N–H and O–H groups in total. The van der Waals surface area contributed by atoms with Crippen LogP contribution in [0.4, 0.5) is 4.79 Å². The van der Waals surface area contributed by atoms with E-state index in [0.29, 0.717) is 10.0 Å². The lowest BCUT2D eigenvalue weighted by molar-refractivity contribution is 0.0180. The van der Waals surface area contributed by atoms with Crippen molar-refractivity contribution < 1.29 is 19.7 Å². The summed E-state index contributed by atoms with van der Waals surface area (Å²) in [5, 5.41) is 22.8. The quantitative estimate of drug-likeness (QED) is 0.704. The molecule has 0 aromatic heterocycles. The van der Waals surface area contributed by atoms with Crippen LogP contribution in [0.5, 0.6) is 0 Å². The highest BCUT2D eigenvalue weighted by Gasteiger charge is 2.21. The summed E-state index contributed by atoms with van der Waals surface area (Å²) < 4.78 is 5.76. The van der Waals surface area contributed by atoms with Crippen LogP contribution in [0, 0.1) is 6.92 Å². The molecule has 0 spiro atoms. The number of aryl methyl sites for hydroxylation is 1. The molecule has 2 atom stereocenters. The van der Waals surface area contributed by atoms with Crippen LogP contribution in [0.25, 0.3) is 0 Å². The second-order valence-corrected chi connectivity index (χ2v) is 6.33. The van der Waals surface area contributed by atoms with Crippen molar-refractivity contribution in [3.05, 3.63) is 69.7 Å². The SMILES string of the molecule is Cc1ccc(Br)c(C(O)C(O)CNC(=O)OCc2ccccc2)c1. The molecular weight excluding hydrogens is 374 g/mol. The van der Waals surface area contributed by atoms with Crippen LogP contribution in [-0.4, -0.2) is 29.0 Å². The van der Waals surface area contributed by atoms with Crippen molar-refractivity contribution >= 4 is 22.0 Å². The molecule has 0 aliphatic carbocycles. The van der Waals surface area contributed by atoms with E-state index in [0.717, 1.165) is 11.1 Å². The second kappa shape index (κ2) is 8.82. The van der Waals surface area contributed by atoms with Crippen molar-refractivity contribution in [3.8, 4) is 0 Å². The minimum atomic E-state index is -1.15. The first kappa shape index (κ1) is 18.4. The molecule has 0 aliphatic heterocycles. The molecule has 24 heavy (non-hydrogen) atoms. The summed E-state index contributed by atoms with van der Waals surface area (Å²) in [6, 6.07) is 14.8. The number of hydrogen-bond acceptors (Lipinski definition) is 4. The third-order valence-corrected chi connectivity index (χ3v) is 4.23. The number of ether oxygens (including phenoxy) is 1. The van der Waals surface area contributed by atoms with E-state index in [9.17, 15) is 15.0 Å². The summed E-state index contributed by atoms with van der Waals surface area (Å²) in [5.74, 6) is 0. The van der Waals surface area contributed by atoms with Crippen molar-refractivity contribution in [2.45, 2.75) is 25.7 Å². The fourth-order valence-electron chi connectivity index (χ4n) is 2.17. The van der Waals surface area contributed by atoms with Crippen LogP contribution in [0.3, 0.4) is 0 Å². The first-order chi connectivity index (χ1) is 11.5. The van der Waals surface area contributed by atoms with Gasteiger partial charge in [-0.05, 0) is 24.1 Å². The van der Waals surface area contributed by atoms with Crippen LogP contribution in [0.2, 0.25) is 0 Å². The van der Waals surface area contributed by atoms with Crippen LogP contribution in [0.1, 0.15) is 22.8 Å². The van der Waals surface area contributed by atoms with Gasteiger partial charge in [0, 0.05) is 11.0 Å². The Hall–Kier alpha value is -1.89. The predicted molar refractivity (Wildman–Crippen MR) is 94.5 cm³/mol. The van der Waals surface area contributed by atoms with Gasteiger partial charge in [-0.2, -0.15) is 0 Å². The Balaban J connectivity index is 1.82. The zero-order valence-corrected chi connectivity index (χ0v) is 14.9. The molecule has 2 unspecified atom stereocenters. The van der Waals surface area contributed by atoms with Gasteiger partial charge in [0.05, 0.1) is 0 Å². The summed E-state index contributed by atoms with van der Waals surface area (Å²) in [6.45, 7) is 1.93. The zero-order valence-electron chi connectivity index (χ0n) is 13.3. The minimum absolute atomic E-state index is 0.116. The molecule has 5 nitrogen and oxygen atoms in total. The van der Waals surface area contributed by atoms with E-state index in [4.69, 9.17) is 4.74 Å². The summed E-state index contributed by atoms with van der Waals surface area (Å²) in [5.41, 5.74) is 2.41. The molecule has 0 radical (unpaired) electrons. The molecule has 1 amide bonds. The number of carbonyl (C=O) groups is 1. The van der Waals surface area contributed by atoms with Gasteiger partial charge in [-0.25, -0.2) is 4.79 Å². The zero-order chi connectivity index (χ0) is 17.5. The van der Waals surface area contributed by atoms with Gasteiger partial charge < -0.3 is 20.3 Å². The van der Waals surface area contributed by atoms with Gasteiger partial charge in [0.15, 0.2) is 0 Å². The smallest absolute Gasteiger partial charge is 0.407 e. The summed E-state index contributed by atoms with van der Waals surface area (Å²) in [7, 11) is 0. The maximum atomic E-state index is 11.7. The molecule has 2 rings (SSSR count). The second-order valence-electron chi connectivity index (χ2n) is 5.48. The van der Waals surface area contributed by atoms with Gasteiger partial charge >= 0.3 is 6.09 Å². The standard InChI is InChI=1S/C18H20BrNO4/c1-12-7-8-15(19)14(9-12)17(22)16(21)10-20-18(23)24-11-13-5-3-2-4-6-13/h2-9,16-17,21-22H,10-11H2,1H3,(H,20,23). The summed E-state index contributed by atoms with van der Waals surface area (Å²) in [6.07, 6.45) is -2.91. The molecule has 128 valence electrons. The van der Waals surface area contributed by atoms with Gasteiger partial charge in [-0.15, -0.1) is 0 Å². The van der Waals surface area contributed by atoms with E-state index in [-0.39, 0.29) is 13.2 Å². The lowest BCUT2D eigenvalue weighted by Crippen LogP contribution is -2.35. The molecule has 0 saturated carbocycles. The van der Waals surface area contributed by atoms with E-state index in [1.165, 1.54) is 0 Å². The van der Waals surface area contributed by atoms with Crippen molar-refractivity contribution in [2.24, 2.45) is 0 Å². The number of aliphatic hydroxyl groups is 2. The van der Waals surface area contributed by atoms with Gasteiger partial charge in [-0.3, -0.25) is 0 Å². The molecule has 0 fully saturated rings. The fourth-order valence-corrected chi connectivity index (χ4v) is 2.65. The Morgan fingerprint density at radius 1 is 1.21 bits per heavy atom. The van der Waals surface area contributed by atoms with Crippen LogP contribution < -0.4 is 5.32 Å². The average molecular weight is 394 g/mol. The first-order valence-electron chi connectivity index (χ1n) is 7.54. The first-order valence-corrected chi connectivity index (χ1v) is 8.33. The fraction of sp³-hybridized carbons (Fsp3) is 0.278. The van der Waals surface area contributed by atoms with Crippen LogP contribution in [-0.2, 0) is 11.3 Å². The molecule has 0 saturated heterocycles. The highest BCUT2D eigenvalue weighted by Crippen LogP contribution is 2.26.